The molecule has 146 valence electrons. The Morgan fingerprint density at radius 1 is 1.07 bits per heavy atom. The standard InChI is InChI=1S/C22H21N5O2/c1-15-20(22(28)23-13-12-17-6-4-3-5-7-17)14-27(25-15)19-10-8-18(9-11-19)21-24-16(2)29-26-21/h3-11,14H,12-13H2,1-2H3,(H,23,28). The summed E-state index contributed by atoms with van der Waals surface area (Å²) < 4.78 is 6.72. The molecule has 0 spiro atoms. The normalized spacial score (nSPS) is 10.8. The van der Waals surface area contributed by atoms with E-state index in [-0.39, 0.29) is 5.91 Å². The van der Waals surface area contributed by atoms with Gasteiger partial charge >= 0.3 is 0 Å². The topological polar surface area (TPSA) is 85.8 Å². The molecule has 2 heterocycles. The third-order valence-corrected chi connectivity index (χ3v) is 4.60. The van der Waals surface area contributed by atoms with Crippen molar-refractivity contribution in [1.29, 1.82) is 0 Å². The molecule has 2 aromatic heterocycles. The van der Waals surface area contributed by atoms with Crippen LogP contribution in [0.15, 0.2) is 65.3 Å². The van der Waals surface area contributed by atoms with Crippen molar-refractivity contribution in [3.63, 3.8) is 0 Å². The Labute approximate surface area is 168 Å². The third-order valence-electron chi connectivity index (χ3n) is 4.60. The van der Waals surface area contributed by atoms with Crippen LogP contribution < -0.4 is 5.32 Å². The molecule has 0 fully saturated rings. The van der Waals surface area contributed by atoms with Crippen LogP contribution in [0.2, 0.25) is 0 Å². The molecule has 0 bridgehead atoms. The number of nitrogens with one attached hydrogen (secondary N) is 1. The van der Waals surface area contributed by atoms with Crippen molar-refractivity contribution in [2.45, 2.75) is 20.3 Å². The summed E-state index contributed by atoms with van der Waals surface area (Å²) in [6.07, 6.45) is 2.54. The van der Waals surface area contributed by atoms with Gasteiger partial charge in [0, 0.05) is 25.2 Å². The lowest BCUT2D eigenvalue weighted by molar-refractivity contribution is 0.0953. The largest absolute Gasteiger partial charge is 0.352 e. The molecule has 4 aromatic rings. The number of nitrogens with zero attached hydrogens (tertiary/aromatic N) is 4. The Bertz CT molecular complexity index is 1110. The van der Waals surface area contributed by atoms with E-state index in [4.69, 9.17) is 4.52 Å². The molecule has 7 heteroatoms. The average Bonchev–Trinajstić information content (AvgIpc) is 3.35. The number of aromatic nitrogens is 4. The van der Waals surface area contributed by atoms with Crippen molar-refractivity contribution in [2.75, 3.05) is 6.54 Å². The summed E-state index contributed by atoms with van der Waals surface area (Å²) in [5, 5.41) is 11.4. The van der Waals surface area contributed by atoms with E-state index in [2.05, 4.69) is 32.7 Å². The fourth-order valence-electron chi connectivity index (χ4n) is 3.06. The Balaban J connectivity index is 1.43. The first-order chi connectivity index (χ1) is 14.1. The Morgan fingerprint density at radius 3 is 2.52 bits per heavy atom. The molecule has 0 aliphatic heterocycles. The highest BCUT2D eigenvalue weighted by Crippen LogP contribution is 2.19. The van der Waals surface area contributed by atoms with Gasteiger partial charge in [-0.05, 0) is 43.2 Å². The number of aryl methyl sites for hydroxylation is 2. The second-order valence-corrected chi connectivity index (χ2v) is 6.75. The molecule has 1 amide bonds. The van der Waals surface area contributed by atoms with E-state index < -0.39 is 0 Å². The lowest BCUT2D eigenvalue weighted by Crippen LogP contribution is -2.25. The van der Waals surface area contributed by atoms with Gasteiger partial charge in [0.15, 0.2) is 0 Å². The minimum atomic E-state index is -0.122. The van der Waals surface area contributed by atoms with Gasteiger partial charge in [-0.15, -0.1) is 0 Å². The zero-order chi connectivity index (χ0) is 20.2. The monoisotopic (exact) mass is 387 g/mol. The van der Waals surface area contributed by atoms with Crippen LogP contribution in [0.25, 0.3) is 17.1 Å². The van der Waals surface area contributed by atoms with Crippen LogP contribution in [0.5, 0.6) is 0 Å². The second kappa shape index (κ2) is 8.10. The molecule has 0 atom stereocenters. The zero-order valence-corrected chi connectivity index (χ0v) is 16.3. The van der Waals surface area contributed by atoms with Gasteiger partial charge in [-0.1, -0.05) is 35.5 Å². The first-order valence-corrected chi connectivity index (χ1v) is 9.39. The van der Waals surface area contributed by atoms with Crippen molar-refractivity contribution in [1.82, 2.24) is 25.2 Å². The number of amides is 1. The van der Waals surface area contributed by atoms with Crippen LogP contribution in [0.3, 0.4) is 0 Å². The molecule has 4 rings (SSSR count). The van der Waals surface area contributed by atoms with E-state index in [0.29, 0.717) is 29.5 Å². The van der Waals surface area contributed by atoms with Crippen LogP contribution >= 0.6 is 0 Å². The van der Waals surface area contributed by atoms with Gasteiger partial charge < -0.3 is 9.84 Å². The van der Waals surface area contributed by atoms with Crippen LogP contribution in [-0.4, -0.2) is 32.4 Å². The van der Waals surface area contributed by atoms with Crippen LogP contribution in [0.4, 0.5) is 0 Å². The van der Waals surface area contributed by atoms with Gasteiger partial charge in [0.2, 0.25) is 11.7 Å². The number of benzene rings is 2. The van der Waals surface area contributed by atoms with Crippen LogP contribution in [0, 0.1) is 13.8 Å². The number of carbonyl (C=O) groups excluding carboxylic acids is 1. The summed E-state index contributed by atoms with van der Waals surface area (Å²) in [7, 11) is 0. The Kier molecular flexibility index (Phi) is 5.20. The summed E-state index contributed by atoms with van der Waals surface area (Å²) in [6.45, 7) is 4.16. The van der Waals surface area contributed by atoms with Gasteiger partial charge in [0.1, 0.15) is 0 Å². The first-order valence-electron chi connectivity index (χ1n) is 9.39. The Hall–Kier alpha value is -3.74. The first kappa shape index (κ1) is 18.6. The highest BCUT2D eigenvalue weighted by atomic mass is 16.5. The summed E-state index contributed by atoms with van der Waals surface area (Å²) >= 11 is 0. The summed E-state index contributed by atoms with van der Waals surface area (Å²) in [4.78, 5) is 16.8. The van der Waals surface area contributed by atoms with Crippen molar-refractivity contribution < 1.29 is 9.32 Å². The molecule has 1 N–H and O–H groups in total. The third kappa shape index (κ3) is 4.24. The fourth-order valence-corrected chi connectivity index (χ4v) is 3.06. The number of carbonyl (C=O) groups is 1. The van der Waals surface area contributed by atoms with E-state index in [1.807, 2.05) is 49.4 Å². The zero-order valence-electron chi connectivity index (χ0n) is 16.3. The van der Waals surface area contributed by atoms with Gasteiger partial charge in [-0.25, -0.2) is 4.68 Å². The average molecular weight is 387 g/mol. The summed E-state index contributed by atoms with van der Waals surface area (Å²) in [5.41, 5.74) is 4.14. The van der Waals surface area contributed by atoms with E-state index in [9.17, 15) is 4.79 Å². The van der Waals surface area contributed by atoms with E-state index in [1.165, 1.54) is 5.56 Å². The SMILES string of the molecule is Cc1nc(-c2ccc(-n3cc(C(=O)NCCc4ccccc4)c(C)n3)cc2)no1. The van der Waals surface area contributed by atoms with E-state index in [0.717, 1.165) is 17.7 Å². The molecule has 0 saturated carbocycles. The maximum absolute atomic E-state index is 12.6. The number of rotatable bonds is 6. The minimum absolute atomic E-state index is 0.122. The molecule has 0 aliphatic rings. The van der Waals surface area contributed by atoms with E-state index in [1.54, 1.807) is 17.8 Å². The van der Waals surface area contributed by atoms with Gasteiger partial charge in [0.05, 0.1) is 16.9 Å². The molecule has 29 heavy (non-hydrogen) atoms. The smallest absolute Gasteiger partial charge is 0.254 e. The Morgan fingerprint density at radius 2 is 1.83 bits per heavy atom. The molecular weight excluding hydrogens is 366 g/mol. The molecule has 0 saturated heterocycles. The summed E-state index contributed by atoms with van der Waals surface area (Å²) in [5.74, 6) is 0.947. The van der Waals surface area contributed by atoms with Gasteiger partial charge in [-0.2, -0.15) is 10.1 Å². The van der Waals surface area contributed by atoms with Crippen molar-refractivity contribution in [2.24, 2.45) is 0 Å². The minimum Gasteiger partial charge on any atom is -0.352 e. The maximum atomic E-state index is 12.6. The fraction of sp³-hybridized carbons (Fsp3) is 0.182. The number of hydrogen-bond acceptors (Lipinski definition) is 5. The van der Waals surface area contributed by atoms with Crippen LogP contribution in [-0.2, 0) is 6.42 Å². The quantitative estimate of drug-likeness (QED) is 0.547. The predicted octanol–water partition coefficient (Wildman–Crippen LogP) is 3.51. The van der Waals surface area contributed by atoms with Crippen LogP contribution in [0.1, 0.15) is 27.5 Å². The molecule has 0 unspecified atom stereocenters. The molecule has 0 aliphatic carbocycles. The van der Waals surface area contributed by atoms with Crippen molar-refractivity contribution in [3.8, 4) is 17.1 Å². The lowest BCUT2D eigenvalue weighted by atomic mass is 10.1. The predicted molar refractivity (Wildman–Crippen MR) is 109 cm³/mol. The highest BCUT2D eigenvalue weighted by Gasteiger charge is 2.14. The van der Waals surface area contributed by atoms with Gasteiger partial charge in [0.25, 0.3) is 5.91 Å². The lowest BCUT2D eigenvalue weighted by Gasteiger charge is -2.04. The molecule has 0 radical (unpaired) electrons. The maximum Gasteiger partial charge on any atom is 0.254 e. The van der Waals surface area contributed by atoms with E-state index >= 15 is 0 Å². The van der Waals surface area contributed by atoms with Crippen molar-refractivity contribution in [3.05, 3.63) is 83.5 Å². The number of hydrogen-bond donors (Lipinski definition) is 1. The second-order valence-electron chi connectivity index (χ2n) is 6.75. The molecule has 2 aromatic carbocycles. The summed E-state index contributed by atoms with van der Waals surface area (Å²) in [6, 6.07) is 17.7. The van der Waals surface area contributed by atoms with Gasteiger partial charge in [-0.3, -0.25) is 4.79 Å². The van der Waals surface area contributed by atoms with Crippen molar-refractivity contribution >= 4 is 5.91 Å². The molecular formula is C22H21N5O2. The highest BCUT2D eigenvalue weighted by molar-refractivity contribution is 5.95. The molecule has 7 nitrogen and oxygen atoms in total.